The second-order valence-corrected chi connectivity index (χ2v) is 7.17. The van der Waals surface area contributed by atoms with E-state index < -0.39 is 11.7 Å². The topological polar surface area (TPSA) is 69.0 Å². The molecule has 0 aliphatic rings. The zero-order valence-electron chi connectivity index (χ0n) is 17.3. The minimum atomic E-state index is -4.43. The Labute approximate surface area is 181 Å². The molecule has 0 saturated heterocycles. The number of nitrogens with zero attached hydrogens (tertiary/aromatic N) is 3. The molecule has 0 aliphatic carbocycles. The van der Waals surface area contributed by atoms with Gasteiger partial charge in [-0.15, -0.1) is 0 Å². The Kier molecular flexibility index (Phi) is 5.56. The number of rotatable bonds is 5. The Hall–Kier alpha value is -3.88. The molecule has 164 valence electrons. The molecule has 0 bridgehead atoms. The quantitative estimate of drug-likeness (QED) is 0.493. The number of ether oxygens (including phenoxy) is 1. The summed E-state index contributed by atoms with van der Waals surface area (Å²) in [5.41, 5.74) is 1.78. The van der Waals surface area contributed by atoms with E-state index in [1.807, 2.05) is 12.1 Å². The Morgan fingerprint density at radius 2 is 1.78 bits per heavy atom. The van der Waals surface area contributed by atoms with Crippen molar-refractivity contribution in [1.29, 1.82) is 0 Å². The van der Waals surface area contributed by atoms with Gasteiger partial charge in [0.1, 0.15) is 5.75 Å². The summed E-state index contributed by atoms with van der Waals surface area (Å²) >= 11 is 0. The van der Waals surface area contributed by atoms with E-state index >= 15 is 0 Å². The minimum absolute atomic E-state index is 0.294. The van der Waals surface area contributed by atoms with Gasteiger partial charge in [-0.2, -0.15) is 18.3 Å². The first-order chi connectivity index (χ1) is 15.3. The van der Waals surface area contributed by atoms with Crippen LogP contribution in [0.1, 0.15) is 21.5 Å². The number of carbonyl (C=O) groups excluding carboxylic acids is 1. The smallest absolute Gasteiger partial charge is 0.416 e. The molecule has 1 amide bonds. The van der Waals surface area contributed by atoms with Crippen molar-refractivity contribution in [3.8, 4) is 17.0 Å². The number of hydrogen-bond donors (Lipinski definition) is 1. The van der Waals surface area contributed by atoms with Crippen LogP contribution >= 0.6 is 0 Å². The van der Waals surface area contributed by atoms with Gasteiger partial charge in [-0.3, -0.25) is 9.48 Å². The Balaban J connectivity index is 1.65. The largest absolute Gasteiger partial charge is 0.497 e. The lowest BCUT2D eigenvalue weighted by Crippen LogP contribution is -2.23. The van der Waals surface area contributed by atoms with E-state index in [1.54, 1.807) is 38.6 Å². The third kappa shape index (κ3) is 4.27. The molecule has 0 fully saturated rings. The highest BCUT2D eigenvalue weighted by molar-refractivity contribution is 6.06. The summed E-state index contributed by atoms with van der Waals surface area (Å²) < 4.78 is 45.3. The zero-order chi connectivity index (χ0) is 22.9. The highest BCUT2D eigenvalue weighted by Crippen LogP contribution is 2.31. The fraction of sp³-hybridized carbons (Fsp3) is 0.174. The van der Waals surface area contributed by atoms with Crippen LogP contribution in [0.15, 0.2) is 60.8 Å². The van der Waals surface area contributed by atoms with Crippen LogP contribution in [0, 0.1) is 0 Å². The number of halogens is 3. The van der Waals surface area contributed by atoms with E-state index in [2.05, 4.69) is 15.4 Å². The molecule has 2 heterocycles. The Morgan fingerprint density at radius 3 is 2.41 bits per heavy atom. The van der Waals surface area contributed by atoms with E-state index in [1.165, 1.54) is 16.8 Å². The molecule has 4 rings (SSSR count). The van der Waals surface area contributed by atoms with Crippen molar-refractivity contribution >= 4 is 16.9 Å². The molecule has 0 radical (unpaired) electrons. The van der Waals surface area contributed by atoms with Gasteiger partial charge in [0.25, 0.3) is 5.91 Å². The number of aryl methyl sites for hydroxylation is 1. The maximum atomic E-state index is 13.0. The fourth-order valence-electron chi connectivity index (χ4n) is 3.30. The van der Waals surface area contributed by atoms with Crippen molar-refractivity contribution in [2.24, 2.45) is 7.05 Å². The number of carbonyl (C=O) groups is 1. The molecule has 0 spiro atoms. The number of pyridine rings is 1. The number of nitrogens with one attached hydrogen (secondary N) is 1. The van der Waals surface area contributed by atoms with Crippen LogP contribution in [0.5, 0.6) is 5.75 Å². The van der Waals surface area contributed by atoms with Gasteiger partial charge in [-0.05, 0) is 35.9 Å². The predicted octanol–water partition coefficient (Wildman–Crippen LogP) is 4.59. The van der Waals surface area contributed by atoms with Crippen molar-refractivity contribution in [3.05, 3.63) is 77.5 Å². The standard InChI is InChI=1S/C23H19F3N4O2/c1-30-21-19(13-28-30)18(22(31)27-12-14-3-9-17(32-2)10-4-14)11-20(29-21)15-5-7-16(8-6-15)23(24,25)26/h3-11,13H,12H2,1-2H3,(H,27,31). The summed E-state index contributed by atoms with van der Waals surface area (Å²) in [5.74, 6) is 0.377. The number of fused-ring (bicyclic) bond motifs is 1. The number of alkyl halides is 3. The Morgan fingerprint density at radius 1 is 1.09 bits per heavy atom. The average molecular weight is 440 g/mol. The van der Waals surface area contributed by atoms with Crippen LogP contribution in [0.2, 0.25) is 0 Å². The van der Waals surface area contributed by atoms with Gasteiger partial charge in [-0.1, -0.05) is 24.3 Å². The number of methoxy groups -OCH3 is 1. The van der Waals surface area contributed by atoms with Crippen LogP contribution < -0.4 is 10.1 Å². The summed E-state index contributed by atoms with van der Waals surface area (Å²) in [6.07, 6.45) is -2.88. The molecule has 32 heavy (non-hydrogen) atoms. The normalized spacial score (nSPS) is 11.5. The molecule has 9 heteroatoms. The van der Waals surface area contributed by atoms with Crippen molar-refractivity contribution < 1.29 is 22.7 Å². The highest BCUT2D eigenvalue weighted by Gasteiger charge is 2.30. The molecule has 0 saturated carbocycles. The lowest BCUT2D eigenvalue weighted by Gasteiger charge is -2.11. The first-order valence-electron chi connectivity index (χ1n) is 9.68. The molecular weight excluding hydrogens is 421 g/mol. The van der Waals surface area contributed by atoms with Gasteiger partial charge < -0.3 is 10.1 Å². The first kappa shape index (κ1) is 21.4. The molecule has 6 nitrogen and oxygen atoms in total. The Bertz CT molecular complexity index is 1260. The number of benzene rings is 2. The summed E-state index contributed by atoms with van der Waals surface area (Å²) in [5, 5.41) is 7.59. The summed E-state index contributed by atoms with van der Waals surface area (Å²) in [4.78, 5) is 17.5. The number of aromatic nitrogens is 3. The van der Waals surface area contributed by atoms with Crippen molar-refractivity contribution in [2.45, 2.75) is 12.7 Å². The van der Waals surface area contributed by atoms with Gasteiger partial charge in [0.15, 0.2) is 5.65 Å². The third-order valence-electron chi connectivity index (χ3n) is 5.07. The van der Waals surface area contributed by atoms with Crippen LogP contribution in [-0.4, -0.2) is 27.8 Å². The number of amides is 1. The number of hydrogen-bond acceptors (Lipinski definition) is 4. The van der Waals surface area contributed by atoms with Crippen LogP contribution in [0.3, 0.4) is 0 Å². The van der Waals surface area contributed by atoms with Crippen molar-refractivity contribution in [1.82, 2.24) is 20.1 Å². The molecule has 0 atom stereocenters. The molecule has 0 aliphatic heterocycles. The van der Waals surface area contributed by atoms with E-state index in [0.717, 1.165) is 17.7 Å². The zero-order valence-corrected chi connectivity index (χ0v) is 17.3. The van der Waals surface area contributed by atoms with Crippen molar-refractivity contribution in [3.63, 3.8) is 0 Å². The van der Waals surface area contributed by atoms with E-state index in [9.17, 15) is 18.0 Å². The van der Waals surface area contributed by atoms with E-state index in [-0.39, 0.29) is 5.91 Å². The summed E-state index contributed by atoms with van der Waals surface area (Å²) in [6.45, 7) is 0.294. The molecular formula is C23H19F3N4O2. The van der Waals surface area contributed by atoms with E-state index in [4.69, 9.17) is 4.74 Å². The maximum Gasteiger partial charge on any atom is 0.416 e. The lowest BCUT2D eigenvalue weighted by molar-refractivity contribution is -0.137. The van der Waals surface area contributed by atoms with Gasteiger partial charge in [-0.25, -0.2) is 4.98 Å². The van der Waals surface area contributed by atoms with Crippen LogP contribution in [0.4, 0.5) is 13.2 Å². The molecule has 2 aromatic heterocycles. The van der Waals surface area contributed by atoms with Crippen LogP contribution in [-0.2, 0) is 19.8 Å². The van der Waals surface area contributed by atoms with E-state index in [0.29, 0.717) is 40.1 Å². The minimum Gasteiger partial charge on any atom is -0.497 e. The van der Waals surface area contributed by atoms with Gasteiger partial charge in [0.05, 0.1) is 35.5 Å². The van der Waals surface area contributed by atoms with Gasteiger partial charge in [0.2, 0.25) is 0 Å². The monoisotopic (exact) mass is 440 g/mol. The summed E-state index contributed by atoms with van der Waals surface area (Å²) in [6, 6.07) is 13.5. The lowest BCUT2D eigenvalue weighted by atomic mass is 10.0. The fourth-order valence-corrected chi connectivity index (χ4v) is 3.30. The second-order valence-electron chi connectivity index (χ2n) is 7.17. The SMILES string of the molecule is COc1ccc(CNC(=O)c2cc(-c3ccc(C(F)(F)F)cc3)nc3c2cnn3C)cc1. The molecule has 4 aromatic rings. The van der Waals surface area contributed by atoms with Gasteiger partial charge in [0, 0.05) is 19.2 Å². The second kappa shape index (κ2) is 8.33. The third-order valence-corrected chi connectivity index (χ3v) is 5.07. The van der Waals surface area contributed by atoms with Crippen LogP contribution in [0.25, 0.3) is 22.3 Å². The molecule has 0 unspecified atom stereocenters. The average Bonchev–Trinajstić information content (AvgIpc) is 3.17. The van der Waals surface area contributed by atoms with Gasteiger partial charge >= 0.3 is 6.18 Å². The first-order valence-corrected chi connectivity index (χ1v) is 9.68. The maximum absolute atomic E-state index is 13.0. The van der Waals surface area contributed by atoms with Crippen molar-refractivity contribution in [2.75, 3.05) is 7.11 Å². The molecule has 2 aromatic carbocycles. The molecule has 1 N–H and O–H groups in total. The summed E-state index contributed by atoms with van der Waals surface area (Å²) in [7, 11) is 3.26. The highest BCUT2D eigenvalue weighted by atomic mass is 19.4. The predicted molar refractivity (Wildman–Crippen MR) is 113 cm³/mol.